The number of hydrogen-bond acceptors (Lipinski definition) is 11. The van der Waals surface area contributed by atoms with Crippen molar-refractivity contribution in [2.45, 2.75) is 72.1 Å². The molecular formula is C40H42ClN5O11. The number of nitrogens with zero attached hydrogens (tertiary/aromatic N) is 3. The van der Waals surface area contributed by atoms with E-state index < -0.39 is 53.7 Å². The maximum Gasteiger partial charge on any atom is 0.414 e. The van der Waals surface area contributed by atoms with Crippen molar-refractivity contribution in [2.75, 3.05) is 6.54 Å². The maximum absolute atomic E-state index is 13.2. The minimum atomic E-state index is -1.26. The van der Waals surface area contributed by atoms with E-state index in [2.05, 4.69) is 20.6 Å². The van der Waals surface area contributed by atoms with Crippen LogP contribution in [-0.4, -0.2) is 79.8 Å². The van der Waals surface area contributed by atoms with Crippen molar-refractivity contribution in [3.05, 3.63) is 100 Å². The fraction of sp³-hybridized carbons (Fsp3) is 0.300. The van der Waals surface area contributed by atoms with Gasteiger partial charge in [0.15, 0.2) is 0 Å². The van der Waals surface area contributed by atoms with Crippen LogP contribution in [0.15, 0.2) is 77.8 Å². The van der Waals surface area contributed by atoms with E-state index in [9.17, 15) is 39.0 Å². The Morgan fingerprint density at radius 2 is 1.44 bits per heavy atom. The summed E-state index contributed by atoms with van der Waals surface area (Å²) in [5, 5.41) is 24.6. The van der Waals surface area contributed by atoms with Gasteiger partial charge in [0.25, 0.3) is 0 Å². The Morgan fingerprint density at radius 1 is 0.825 bits per heavy atom. The van der Waals surface area contributed by atoms with E-state index in [0.717, 1.165) is 4.90 Å². The van der Waals surface area contributed by atoms with Crippen LogP contribution in [-0.2, 0) is 32.0 Å². The minimum absolute atomic E-state index is 0.0231. The summed E-state index contributed by atoms with van der Waals surface area (Å²) in [5.41, 5.74) is -0.168. The number of aliphatic imine (C=N–C) groups is 1. The first-order valence-electron chi connectivity index (χ1n) is 17.5. The summed E-state index contributed by atoms with van der Waals surface area (Å²) >= 11 is 6.48. The third-order valence-corrected chi connectivity index (χ3v) is 7.81. The molecule has 0 unspecified atom stereocenters. The second-order valence-corrected chi connectivity index (χ2v) is 14.9. The fourth-order valence-electron chi connectivity index (χ4n) is 5.13. The smallest absolute Gasteiger partial charge is 0.414 e. The number of carboxylic acids is 2. The molecule has 0 bridgehead atoms. The summed E-state index contributed by atoms with van der Waals surface area (Å²) in [6.07, 6.45) is -1.77. The number of fused-ring (bicyclic) bond motifs is 1. The van der Waals surface area contributed by atoms with Crippen LogP contribution in [0.5, 0.6) is 5.75 Å². The van der Waals surface area contributed by atoms with Crippen LogP contribution < -0.4 is 15.4 Å². The number of benzene rings is 3. The van der Waals surface area contributed by atoms with Crippen LogP contribution in [0.1, 0.15) is 79.9 Å². The highest BCUT2D eigenvalue weighted by atomic mass is 35.5. The molecule has 0 spiro atoms. The van der Waals surface area contributed by atoms with Crippen molar-refractivity contribution >= 4 is 70.2 Å². The van der Waals surface area contributed by atoms with Gasteiger partial charge in [-0.05, 0) is 102 Å². The molecule has 4 aromatic rings. The molecule has 57 heavy (non-hydrogen) atoms. The van der Waals surface area contributed by atoms with E-state index in [0.29, 0.717) is 16.5 Å². The highest BCUT2D eigenvalue weighted by Crippen LogP contribution is 2.26. The number of halogens is 1. The van der Waals surface area contributed by atoms with Gasteiger partial charge in [-0.1, -0.05) is 35.9 Å². The van der Waals surface area contributed by atoms with Crippen molar-refractivity contribution in [1.29, 1.82) is 0 Å². The molecule has 0 aliphatic heterocycles. The Hall–Kier alpha value is -6.55. The lowest BCUT2D eigenvalue weighted by Crippen LogP contribution is -2.47. The number of ether oxygens (including phenoxy) is 3. The van der Waals surface area contributed by atoms with Crippen molar-refractivity contribution in [3.8, 4) is 5.75 Å². The minimum Gasteiger partial charge on any atom is -0.480 e. The van der Waals surface area contributed by atoms with Crippen molar-refractivity contribution in [2.24, 2.45) is 4.99 Å². The fourth-order valence-corrected chi connectivity index (χ4v) is 5.39. The molecule has 16 nitrogen and oxygen atoms in total. The summed E-state index contributed by atoms with van der Waals surface area (Å²) in [6.45, 7) is 9.14. The number of aliphatic carboxylic acids is 1. The molecule has 0 aliphatic rings. The van der Waals surface area contributed by atoms with E-state index in [-0.39, 0.29) is 58.6 Å². The van der Waals surface area contributed by atoms with Crippen LogP contribution in [0.3, 0.4) is 0 Å². The van der Waals surface area contributed by atoms with Crippen LogP contribution in [0.2, 0.25) is 5.02 Å². The van der Waals surface area contributed by atoms with Gasteiger partial charge in [-0.3, -0.25) is 25.2 Å². The number of pyridine rings is 1. The number of aryl methyl sites for hydroxylation is 1. The average molecular weight is 804 g/mol. The van der Waals surface area contributed by atoms with Crippen molar-refractivity contribution in [3.63, 3.8) is 0 Å². The molecule has 3 amide bonds. The molecule has 0 radical (unpaired) electrons. The number of guanidine groups is 1. The van der Waals surface area contributed by atoms with Crippen molar-refractivity contribution < 1.29 is 53.2 Å². The normalized spacial score (nSPS) is 11.2. The number of amides is 3. The molecule has 1 heterocycles. The van der Waals surface area contributed by atoms with E-state index in [4.69, 9.17) is 25.8 Å². The molecule has 0 fully saturated rings. The molecule has 4 N–H and O–H groups in total. The molecule has 0 aliphatic carbocycles. The number of esters is 1. The zero-order valence-electron chi connectivity index (χ0n) is 32.0. The zero-order valence-corrected chi connectivity index (χ0v) is 32.8. The number of hydrogen-bond donors (Lipinski definition) is 4. The van der Waals surface area contributed by atoms with Gasteiger partial charge in [0, 0.05) is 16.8 Å². The number of carbonyl (C=O) groups excluding carboxylic acids is 4. The summed E-state index contributed by atoms with van der Waals surface area (Å²) < 4.78 is 16.0. The molecule has 0 saturated heterocycles. The van der Waals surface area contributed by atoms with Crippen LogP contribution in [0, 0.1) is 0 Å². The Morgan fingerprint density at radius 3 is 2.00 bits per heavy atom. The van der Waals surface area contributed by atoms with Crippen molar-refractivity contribution in [1.82, 2.24) is 20.5 Å². The van der Waals surface area contributed by atoms with E-state index >= 15 is 0 Å². The number of aromatic nitrogens is 1. The average Bonchev–Trinajstić information content (AvgIpc) is 3.08. The lowest BCUT2D eigenvalue weighted by Gasteiger charge is -2.22. The molecule has 4 rings (SSSR count). The number of nitrogens with one attached hydrogen (secondary N) is 2. The van der Waals surface area contributed by atoms with Gasteiger partial charge in [0.2, 0.25) is 11.9 Å². The quantitative estimate of drug-likeness (QED) is 0.0527. The third-order valence-electron chi connectivity index (χ3n) is 7.46. The standard InChI is InChI=1S/C40H42ClN5O11/c1-39(2,3)56-37(53)44-36(45-38(54)57-40(4,5)6)43-25-15-11-24(12-16-25)35(52)55-27-17-13-23(30(41)20-27)14-18-32(47)46(22-33(48)49)21-26-19-29(34(50)51)28-9-7-8-10-31(28)42-26/h7-13,15-17,19-20H,14,18,21-22H2,1-6H3,(H,48,49)(H,50,51)(H2,43,44,45,53,54). The SMILES string of the molecule is CC(C)(C)OC(=O)NC(=Nc1ccc(C(=O)Oc2ccc(CCC(=O)N(CC(=O)O)Cc3cc(C(=O)O)c4ccccc4n3)c(Cl)c2)cc1)NC(=O)OC(C)(C)C. The zero-order chi connectivity index (χ0) is 42.1. The lowest BCUT2D eigenvalue weighted by molar-refractivity contribution is -0.144. The number of para-hydroxylation sites is 1. The third kappa shape index (κ3) is 13.6. The summed E-state index contributed by atoms with van der Waals surface area (Å²) in [4.78, 5) is 84.3. The van der Waals surface area contributed by atoms with E-state index in [1.165, 1.54) is 42.5 Å². The number of rotatable bonds is 11. The predicted octanol–water partition coefficient (Wildman–Crippen LogP) is 6.89. The molecular weight excluding hydrogens is 762 g/mol. The highest BCUT2D eigenvalue weighted by molar-refractivity contribution is 6.31. The van der Waals surface area contributed by atoms with Crippen LogP contribution in [0.25, 0.3) is 10.9 Å². The number of aromatic carboxylic acids is 1. The Bertz CT molecular complexity index is 2180. The molecule has 3 aromatic carbocycles. The first-order valence-corrected chi connectivity index (χ1v) is 17.8. The van der Waals surface area contributed by atoms with Gasteiger partial charge in [-0.15, -0.1) is 0 Å². The van der Waals surface area contributed by atoms with Gasteiger partial charge in [-0.2, -0.15) is 0 Å². The van der Waals surface area contributed by atoms with Gasteiger partial charge in [-0.25, -0.2) is 24.2 Å². The van der Waals surface area contributed by atoms with E-state index in [1.54, 1.807) is 71.9 Å². The monoisotopic (exact) mass is 803 g/mol. The van der Waals surface area contributed by atoms with Crippen LogP contribution in [0.4, 0.5) is 15.3 Å². The largest absolute Gasteiger partial charge is 0.480 e. The molecule has 0 saturated carbocycles. The number of alkyl carbamates (subject to hydrolysis) is 2. The summed E-state index contributed by atoms with van der Waals surface area (Å²) in [5.74, 6) is -3.89. The predicted molar refractivity (Wildman–Crippen MR) is 209 cm³/mol. The van der Waals surface area contributed by atoms with Gasteiger partial charge < -0.3 is 29.3 Å². The van der Waals surface area contributed by atoms with Crippen LogP contribution >= 0.6 is 11.6 Å². The van der Waals surface area contributed by atoms with Gasteiger partial charge in [0.05, 0.1) is 34.6 Å². The summed E-state index contributed by atoms with van der Waals surface area (Å²) in [6, 6.07) is 18.1. The molecule has 1 aromatic heterocycles. The first-order chi connectivity index (χ1) is 26.7. The number of carboxylic acid groups (broad SMARTS) is 2. The summed E-state index contributed by atoms with van der Waals surface area (Å²) in [7, 11) is 0. The van der Waals surface area contributed by atoms with Gasteiger partial charge >= 0.3 is 30.1 Å². The Labute approximate surface area is 332 Å². The first kappa shape index (κ1) is 43.2. The Balaban J connectivity index is 1.41. The number of carbonyl (C=O) groups is 6. The van der Waals surface area contributed by atoms with Gasteiger partial charge in [0.1, 0.15) is 23.5 Å². The van der Waals surface area contributed by atoms with E-state index in [1.807, 2.05) is 0 Å². The Kier molecular flexibility index (Phi) is 13.9. The lowest BCUT2D eigenvalue weighted by atomic mass is 10.1. The maximum atomic E-state index is 13.2. The second-order valence-electron chi connectivity index (χ2n) is 14.5. The molecule has 17 heteroatoms. The molecule has 300 valence electrons. The highest BCUT2D eigenvalue weighted by Gasteiger charge is 2.23. The topological polar surface area (TPSA) is 223 Å². The molecule has 0 atom stereocenters. The second kappa shape index (κ2) is 18.4.